The molecule has 6 heteroatoms. The molecule has 0 saturated carbocycles. The number of rotatable bonds is 3. The molecular weight excluding hydrogens is 332 g/mol. The van der Waals surface area contributed by atoms with E-state index in [4.69, 9.17) is 4.74 Å². The van der Waals surface area contributed by atoms with Crippen molar-refractivity contribution in [2.24, 2.45) is 0 Å². The average molecular weight is 353 g/mol. The van der Waals surface area contributed by atoms with Crippen molar-refractivity contribution in [3.05, 3.63) is 81.2 Å². The van der Waals surface area contributed by atoms with Crippen molar-refractivity contribution >= 4 is 11.5 Å². The summed E-state index contributed by atoms with van der Waals surface area (Å²) in [7, 11) is 3.69. The Kier molecular flexibility index (Phi) is 4.38. The van der Waals surface area contributed by atoms with Gasteiger partial charge in [0, 0.05) is 29.4 Å². The molecule has 1 atom stereocenters. The molecule has 0 fully saturated rings. The number of nitro groups is 1. The summed E-state index contributed by atoms with van der Waals surface area (Å²) in [5.41, 5.74) is 3.35. The van der Waals surface area contributed by atoms with Crippen LogP contribution in [-0.4, -0.2) is 24.9 Å². The van der Waals surface area contributed by atoms with Gasteiger partial charge in [-0.15, -0.1) is 0 Å². The van der Waals surface area contributed by atoms with Crippen molar-refractivity contribution < 1.29 is 19.4 Å². The first-order valence-corrected chi connectivity index (χ1v) is 8.29. The number of hydrogen-bond donors (Lipinski definition) is 1. The van der Waals surface area contributed by atoms with Gasteiger partial charge in [0.2, 0.25) is 0 Å². The lowest BCUT2D eigenvalue weighted by Crippen LogP contribution is -3.01. The second kappa shape index (κ2) is 6.38. The molecule has 6 nitrogen and oxygen atoms in total. The topological polar surface area (TPSA) is 73.9 Å². The van der Waals surface area contributed by atoms with E-state index in [1.807, 2.05) is 31.3 Å². The van der Waals surface area contributed by atoms with Gasteiger partial charge in [0.25, 0.3) is 5.70 Å². The minimum absolute atomic E-state index is 0.0892. The second-order valence-corrected chi connectivity index (χ2v) is 6.89. The fraction of sp³-hybridized carbons (Fsp3) is 0.250. The maximum atomic E-state index is 12.0. The number of allylic oxidation sites excluding steroid dienone is 7. The van der Waals surface area contributed by atoms with Crippen LogP contribution in [0.3, 0.4) is 0 Å². The predicted octanol–water partition coefficient (Wildman–Crippen LogP) is 2.24. The quantitative estimate of drug-likeness (QED) is 0.514. The highest BCUT2D eigenvalue weighted by atomic mass is 16.6. The summed E-state index contributed by atoms with van der Waals surface area (Å²) in [6, 6.07) is 6.01. The van der Waals surface area contributed by atoms with Crippen LogP contribution in [0.2, 0.25) is 0 Å². The summed E-state index contributed by atoms with van der Waals surface area (Å²) in [5.74, 6) is 0.565. The van der Waals surface area contributed by atoms with Crippen LogP contribution < -0.4 is 9.64 Å². The monoisotopic (exact) mass is 353 g/mol. The van der Waals surface area contributed by atoms with E-state index in [0.29, 0.717) is 5.57 Å². The third kappa shape index (κ3) is 2.88. The van der Waals surface area contributed by atoms with Crippen molar-refractivity contribution in [2.45, 2.75) is 19.3 Å². The molecule has 1 aliphatic carbocycles. The molecule has 2 aliphatic rings. The van der Waals surface area contributed by atoms with Crippen LogP contribution in [0.25, 0.3) is 0 Å². The van der Waals surface area contributed by atoms with Crippen molar-refractivity contribution in [1.29, 1.82) is 0 Å². The number of nitrogens with zero attached hydrogens (tertiary/aromatic N) is 1. The first kappa shape index (κ1) is 17.8. The summed E-state index contributed by atoms with van der Waals surface area (Å²) >= 11 is 0. The Labute approximate surface area is 151 Å². The highest BCUT2D eigenvalue weighted by Gasteiger charge is 2.43. The summed E-state index contributed by atoms with van der Waals surface area (Å²) in [6.07, 6.45) is 7.33. The standard InChI is InChI=1S/C20H20N2O4/c1-20(2)16-12-15(26-4)7-8-17(16)21(3)19(20)10-5-13-11-14(22(24)25)6-9-18(13)23/h5-12H,1-4H3/p+1. The summed E-state index contributed by atoms with van der Waals surface area (Å²) < 4.78 is 5.34. The van der Waals surface area contributed by atoms with Gasteiger partial charge in [-0.05, 0) is 44.2 Å². The number of methoxy groups -OCH3 is 1. The van der Waals surface area contributed by atoms with Crippen molar-refractivity contribution in [3.8, 4) is 5.75 Å². The SMILES string of the molecule is COc1ccc2c(c1)C(C)(C)C(=CC=C1C=C([N+](=O)[O-])C=CC1=O)[NH+]2C. The zero-order valence-electron chi connectivity index (χ0n) is 15.2. The Balaban J connectivity index is 2.03. The van der Waals surface area contributed by atoms with Gasteiger partial charge in [-0.1, -0.05) is 0 Å². The van der Waals surface area contributed by atoms with Gasteiger partial charge in [0.05, 0.1) is 24.5 Å². The molecule has 0 spiro atoms. The molecule has 0 amide bonds. The normalized spacial score (nSPS) is 23.9. The Morgan fingerprint density at radius 3 is 2.62 bits per heavy atom. The first-order chi connectivity index (χ1) is 12.3. The Bertz CT molecular complexity index is 920. The second-order valence-electron chi connectivity index (χ2n) is 6.89. The summed E-state index contributed by atoms with van der Waals surface area (Å²) in [6.45, 7) is 4.24. The van der Waals surface area contributed by atoms with E-state index in [0.717, 1.165) is 27.6 Å². The molecular formula is C20H21N2O4+. The fourth-order valence-electron chi connectivity index (χ4n) is 3.54. The minimum Gasteiger partial charge on any atom is -0.497 e. The molecule has 1 aromatic carbocycles. The molecule has 0 aromatic heterocycles. The average Bonchev–Trinajstić information content (AvgIpc) is 2.80. The summed E-state index contributed by atoms with van der Waals surface area (Å²) in [4.78, 5) is 23.6. The van der Waals surface area contributed by atoms with Gasteiger partial charge in [0.1, 0.15) is 17.1 Å². The number of likely N-dealkylation sites (N-methyl/N-ethyl adjacent to an activating group) is 1. The molecule has 0 radical (unpaired) electrons. The third-order valence-corrected chi connectivity index (χ3v) is 5.02. The fourth-order valence-corrected chi connectivity index (χ4v) is 3.54. The third-order valence-electron chi connectivity index (χ3n) is 5.02. The number of carbonyl (C=O) groups excluding carboxylic acids is 1. The van der Waals surface area contributed by atoms with Crippen LogP contribution in [0.15, 0.2) is 65.5 Å². The smallest absolute Gasteiger partial charge is 0.270 e. The van der Waals surface area contributed by atoms with Gasteiger partial charge in [-0.25, -0.2) is 0 Å². The number of benzene rings is 1. The lowest BCUT2D eigenvalue weighted by atomic mass is 9.83. The van der Waals surface area contributed by atoms with Gasteiger partial charge in [0.15, 0.2) is 5.78 Å². The molecule has 1 aliphatic heterocycles. The molecule has 26 heavy (non-hydrogen) atoms. The van der Waals surface area contributed by atoms with E-state index >= 15 is 0 Å². The largest absolute Gasteiger partial charge is 0.497 e. The van der Waals surface area contributed by atoms with Crippen molar-refractivity contribution in [1.82, 2.24) is 0 Å². The first-order valence-electron chi connectivity index (χ1n) is 8.29. The van der Waals surface area contributed by atoms with Gasteiger partial charge < -0.3 is 4.74 Å². The van der Waals surface area contributed by atoms with E-state index in [9.17, 15) is 14.9 Å². The van der Waals surface area contributed by atoms with Crippen LogP contribution in [-0.2, 0) is 10.2 Å². The minimum atomic E-state index is -0.497. The Hall–Kier alpha value is -2.99. The molecule has 1 heterocycles. The number of ether oxygens (including phenoxy) is 1. The molecule has 134 valence electrons. The van der Waals surface area contributed by atoms with Crippen molar-refractivity contribution in [2.75, 3.05) is 14.2 Å². The molecule has 1 aromatic rings. The van der Waals surface area contributed by atoms with E-state index in [2.05, 4.69) is 13.8 Å². The number of ketones is 1. The van der Waals surface area contributed by atoms with E-state index < -0.39 is 4.92 Å². The van der Waals surface area contributed by atoms with E-state index in [1.54, 1.807) is 13.2 Å². The molecule has 0 bridgehead atoms. The predicted molar refractivity (Wildman–Crippen MR) is 98.0 cm³/mol. The highest BCUT2D eigenvalue weighted by molar-refractivity contribution is 6.07. The lowest BCUT2D eigenvalue weighted by molar-refractivity contribution is -0.764. The lowest BCUT2D eigenvalue weighted by Gasteiger charge is -2.19. The number of fused-ring (bicyclic) bond motifs is 1. The molecule has 0 saturated heterocycles. The van der Waals surface area contributed by atoms with Crippen molar-refractivity contribution in [3.63, 3.8) is 0 Å². The van der Waals surface area contributed by atoms with Gasteiger partial charge in [-0.2, -0.15) is 0 Å². The van der Waals surface area contributed by atoms with Crippen LogP contribution in [0.4, 0.5) is 5.69 Å². The van der Waals surface area contributed by atoms with Gasteiger partial charge >= 0.3 is 0 Å². The Morgan fingerprint density at radius 1 is 1.23 bits per heavy atom. The maximum absolute atomic E-state index is 12.0. The highest BCUT2D eigenvalue weighted by Crippen LogP contribution is 2.40. The van der Waals surface area contributed by atoms with Crippen LogP contribution >= 0.6 is 0 Å². The van der Waals surface area contributed by atoms with E-state index in [1.165, 1.54) is 18.2 Å². The number of quaternary nitrogens is 1. The molecule has 3 rings (SSSR count). The van der Waals surface area contributed by atoms with Gasteiger partial charge in [-0.3, -0.25) is 19.8 Å². The zero-order chi connectivity index (χ0) is 19.1. The zero-order valence-corrected chi connectivity index (χ0v) is 15.2. The maximum Gasteiger partial charge on any atom is 0.270 e. The Morgan fingerprint density at radius 2 is 1.96 bits per heavy atom. The molecule has 1 unspecified atom stereocenters. The molecule has 1 N–H and O–H groups in total. The van der Waals surface area contributed by atoms with Crippen LogP contribution in [0, 0.1) is 10.1 Å². The van der Waals surface area contributed by atoms with Crippen LogP contribution in [0.1, 0.15) is 19.4 Å². The number of carbonyl (C=O) groups is 1. The van der Waals surface area contributed by atoms with Crippen LogP contribution in [0.5, 0.6) is 5.75 Å². The van der Waals surface area contributed by atoms with E-state index in [-0.39, 0.29) is 16.9 Å². The number of nitrogens with one attached hydrogen (secondary N) is 1. The summed E-state index contributed by atoms with van der Waals surface area (Å²) in [5, 5.41) is 10.9. The number of hydrogen-bond acceptors (Lipinski definition) is 4.